The monoisotopic (exact) mass is 348 g/mol. The second-order valence-electron chi connectivity index (χ2n) is 7.14. The van der Waals surface area contributed by atoms with Crippen LogP contribution in [0, 0.1) is 11.8 Å². The molecule has 1 aliphatic heterocycles. The lowest BCUT2D eigenvalue weighted by Crippen LogP contribution is -2.58. The first kappa shape index (κ1) is 16.8. The summed E-state index contributed by atoms with van der Waals surface area (Å²) in [6.07, 6.45) is 3.14. The van der Waals surface area contributed by atoms with Crippen LogP contribution in [0.2, 0.25) is 0 Å². The van der Waals surface area contributed by atoms with Crippen LogP contribution >= 0.6 is 0 Å². The number of fused-ring (bicyclic) bond motifs is 1. The predicted octanol–water partition coefficient (Wildman–Crippen LogP) is 3.82. The molecule has 0 spiro atoms. The van der Waals surface area contributed by atoms with Crippen molar-refractivity contribution in [1.82, 2.24) is 5.01 Å². The molecule has 1 saturated carbocycles. The Morgan fingerprint density at radius 1 is 1.08 bits per heavy atom. The number of carbonyl (C=O) groups excluding carboxylic acids is 1. The van der Waals surface area contributed by atoms with Gasteiger partial charge in [-0.2, -0.15) is 5.10 Å². The standard InChI is InChI=1S/C22H24N2O2/c1-24-22(21(25)26-2,17-12-7-4-8-13-17)19-15-9-14-18(19)20(23-24)16-10-5-3-6-11-16/h3-8,10-13,18-19H,9,14-15H2,1-2H3/t18-,19+,22+/m1/s1. The Morgan fingerprint density at radius 3 is 2.38 bits per heavy atom. The van der Waals surface area contributed by atoms with Crippen molar-refractivity contribution in [3.63, 3.8) is 0 Å². The molecule has 4 heteroatoms. The van der Waals surface area contributed by atoms with Crippen LogP contribution in [-0.4, -0.2) is 30.8 Å². The van der Waals surface area contributed by atoms with E-state index in [1.165, 1.54) is 7.11 Å². The summed E-state index contributed by atoms with van der Waals surface area (Å²) in [6.45, 7) is 0. The van der Waals surface area contributed by atoms with Crippen LogP contribution in [0.1, 0.15) is 30.4 Å². The van der Waals surface area contributed by atoms with E-state index < -0.39 is 5.54 Å². The Labute approximate surface area is 154 Å². The smallest absolute Gasteiger partial charge is 0.338 e. The van der Waals surface area contributed by atoms with Gasteiger partial charge in [-0.1, -0.05) is 67.1 Å². The molecule has 134 valence electrons. The number of esters is 1. The van der Waals surface area contributed by atoms with Crippen molar-refractivity contribution in [2.24, 2.45) is 16.9 Å². The molecule has 3 atom stereocenters. The van der Waals surface area contributed by atoms with E-state index in [4.69, 9.17) is 9.84 Å². The fourth-order valence-electron chi connectivity index (χ4n) is 4.87. The molecule has 0 radical (unpaired) electrons. The average Bonchev–Trinajstić information content (AvgIpc) is 3.18. The molecule has 4 nitrogen and oxygen atoms in total. The molecule has 4 rings (SSSR count). The van der Waals surface area contributed by atoms with Gasteiger partial charge >= 0.3 is 5.97 Å². The molecule has 2 aromatic carbocycles. The molecule has 0 saturated heterocycles. The molecule has 0 bridgehead atoms. The fraction of sp³-hybridized carbons (Fsp3) is 0.364. The zero-order valence-electron chi connectivity index (χ0n) is 15.3. The van der Waals surface area contributed by atoms with E-state index in [1.807, 2.05) is 60.6 Å². The first-order valence-electron chi connectivity index (χ1n) is 9.21. The maximum absolute atomic E-state index is 13.2. The van der Waals surface area contributed by atoms with E-state index in [1.54, 1.807) is 0 Å². The minimum atomic E-state index is -0.866. The van der Waals surface area contributed by atoms with Crippen molar-refractivity contribution in [3.05, 3.63) is 71.8 Å². The number of ether oxygens (including phenoxy) is 1. The van der Waals surface area contributed by atoms with Gasteiger partial charge in [0.25, 0.3) is 0 Å². The number of nitrogens with zero attached hydrogens (tertiary/aromatic N) is 2. The summed E-state index contributed by atoms with van der Waals surface area (Å²) in [7, 11) is 3.38. The highest BCUT2D eigenvalue weighted by molar-refractivity contribution is 6.04. The summed E-state index contributed by atoms with van der Waals surface area (Å²) in [5, 5.41) is 6.79. The van der Waals surface area contributed by atoms with E-state index in [2.05, 4.69) is 12.1 Å². The number of methoxy groups -OCH3 is 1. The van der Waals surface area contributed by atoms with Gasteiger partial charge in [0.05, 0.1) is 12.8 Å². The zero-order chi connectivity index (χ0) is 18.1. The lowest BCUT2D eigenvalue weighted by atomic mass is 9.69. The maximum Gasteiger partial charge on any atom is 0.338 e. The summed E-state index contributed by atoms with van der Waals surface area (Å²) < 4.78 is 5.32. The summed E-state index contributed by atoms with van der Waals surface area (Å²) in [6, 6.07) is 20.3. The molecule has 0 unspecified atom stereocenters. The summed E-state index contributed by atoms with van der Waals surface area (Å²) in [5.74, 6) is 0.182. The van der Waals surface area contributed by atoms with Crippen molar-refractivity contribution in [2.75, 3.05) is 14.2 Å². The van der Waals surface area contributed by atoms with E-state index >= 15 is 0 Å². The van der Waals surface area contributed by atoms with Gasteiger partial charge in [0.2, 0.25) is 0 Å². The summed E-state index contributed by atoms with van der Waals surface area (Å²) in [5.41, 5.74) is 2.33. The molecule has 0 amide bonds. The third-order valence-corrected chi connectivity index (χ3v) is 5.95. The number of hydrogen-bond donors (Lipinski definition) is 0. The van der Waals surface area contributed by atoms with Crippen molar-refractivity contribution < 1.29 is 9.53 Å². The quantitative estimate of drug-likeness (QED) is 0.792. The Hall–Kier alpha value is -2.62. The van der Waals surface area contributed by atoms with Crippen LogP contribution in [0.5, 0.6) is 0 Å². The number of likely N-dealkylation sites (N-methyl/N-ethyl adjacent to an activating group) is 1. The van der Waals surface area contributed by atoms with Crippen LogP contribution in [0.25, 0.3) is 0 Å². The minimum Gasteiger partial charge on any atom is -0.467 e. The van der Waals surface area contributed by atoms with Gasteiger partial charge in [-0.05, 0) is 24.0 Å². The number of hydrogen-bond acceptors (Lipinski definition) is 4. The third-order valence-electron chi connectivity index (χ3n) is 5.95. The molecule has 1 aliphatic carbocycles. The van der Waals surface area contributed by atoms with Crippen LogP contribution in [0.15, 0.2) is 65.8 Å². The Morgan fingerprint density at radius 2 is 1.73 bits per heavy atom. The third kappa shape index (κ3) is 2.36. The number of rotatable bonds is 3. The lowest BCUT2D eigenvalue weighted by Gasteiger charge is -2.48. The topological polar surface area (TPSA) is 41.9 Å². The van der Waals surface area contributed by atoms with Crippen molar-refractivity contribution in [3.8, 4) is 0 Å². The Balaban J connectivity index is 1.91. The van der Waals surface area contributed by atoms with E-state index in [9.17, 15) is 4.79 Å². The SMILES string of the molecule is COC(=O)[C@]1(c2ccccc2)[C@H]2CCC[C@H]2C(c2ccccc2)=NN1C. The zero-order valence-corrected chi connectivity index (χ0v) is 15.3. The molecular weight excluding hydrogens is 324 g/mol. The van der Waals surface area contributed by atoms with Gasteiger partial charge in [-0.15, -0.1) is 0 Å². The second-order valence-corrected chi connectivity index (χ2v) is 7.14. The van der Waals surface area contributed by atoms with Crippen molar-refractivity contribution in [1.29, 1.82) is 0 Å². The van der Waals surface area contributed by atoms with Gasteiger partial charge in [-0.25, -0.2) is 4.79 Å². The second kappa shape index (κ2) is 6.60. The normalized spacial score (nSPS) is 27.6. The lowest BCUT2D eigenvalue weighted by molar-refractivity contribution is -0.162. The van der Waals surface area contributed by atoms with Gasteiger partial charge in [-0.3, -0.25) is 5.01 Å². The molecule has 1 heterocycles. The van der Waals surface area contributed by atoms with Crippen molar-refractivity contribution in [2.45, 2.75) is 24.8 Å². The van der Waals surface area contributed by atoms with Crippen molar-refractivity contribution >= 4 is 11.7 Å². The molecule has 2 aromatic rings. The van der Waals surface area contributed by atoms with E-state index in [-0.39, 0.29) is 17.8 Å². The molecule has 0 aromatic heterocycles. The molecule has 0 N–H and O–H groups in total. The highest BCUT2D eigenvalue weighted by atomic mass is 16.5. The Kier molecular flexibility index (Phi) is 4.27. The van der Waals surface area contributed by atoms with Gasteiger partial charge < -0.3 is 4.74 Å². The predicted molar refractivity (Wildman–Crippen MR) is 102 cm³/mol. The molecule has 1 fully saturated rings. The maximum atomic E-state index is 13.2. The summed E-state index contributed by atoms with van der Waals surface area (Å²) in [4.78, 5) is 13.2. The molecule has 2 aliphatic rings. The van der Waals surface area contributed by atoms with E-state index in [0.717, 1.165) is 36.1 Å². The average molecular weight is 348 g/mol. The largest absolute Gasteiger partial charge is 0.467 e. The number of benzene rings is 2. The first-order valence-corrected chi connectivity index (χ1v) is 9.21. The van der Waals surface area contributed by atoms with E-state index in [0.29, 0.717) is 0 Å². The molecule has 26 heavy (non-hydrogen) atoms. The fourth-order valence-corrected chi connectivity index (χ4v) is 4.87. The first-order chi connectivity index (χ1) is 12.7. The van der Waals surface area contributed by atoms with Gasteiger partial charge in [0, 0.05) is 18.9 Å². The van der Waals surface area contributed by atoms with Gasteiger partial charge in [0.15, 0.2) is 5.54 Å². The van der Waals surface area contributed by atoms with Crippen LogP contribution in [0.4, 0.5) is 0 Å². The minimum absolute atomic E-state index is 0.148. The number of carbonyl (C=O) groups is 1. The highest BCUT2D eigenvalue weighted by Crippen LogP contribution is 2.52. The summed E-state index contributed by atoms with van der Waals surface area (Å²) >= 11 is 0. The van der Waals surface area contributed by atoms with Crippen LogP contribution in [-0.2, 0) is 15.1 Å². The Bertz CT molecular complexity index is 819. The van der Waals surface area contributed by atoms with Crippen LogP contribution < -0.4 is 0 Å². The van der Waals surface area contributed by atoms with Crippen LogP contribution in [0.3, 0.4) is 0 Å². The van der Waals surface area contributed by atoms with Gasteiger partial charge in [0.1, 0.15) is 0 Å². The highest BCUT2D eigenvalue weighted by Gasteiger charge is 2.59. The molecular formula is C22H24N2O2. The number of hydrazone groups is 1.